The molecule has 0 aromatic rings. The van der Waals surface area contributed by atoms with Gasteiger partial charge >= 0.3 is 0 Å². The largest absolute Gasteiger partial charge is 0.396 e. The Kier molecular flexibility index (Phi) is 11.4. The summed E-state index contributed by atoms with van der Waals surface area (Å²) in [5, 5.41) is 9.23. The van der Waals surface area contributed by atoms with Gasteiger partial charge in [-0.05, 0) is 24.7 Å². The van der Waals surface area contributed by atoms with Crippen molar-refractivity contribution < 1.29 is 5.11 Å². The first-order chi connectivity index (χ1) is 7.78. The molecule has 0 aliphatic heterocycles. The van der Waals surface area contributed by atoms with Crippen molar-refractivity contribution in [3.8, 4) is 0 Å². The molecule has 0 saturated heterocycles. The van der Waals surface area contributed by atoms with Gasteiger partial charge in [0, 0.05) is 6.61 Å². The summed E-state index contributed by atoms with van der Waals surface area (Å²) in [7, 11) is 0. The van der Waals surface area contributed by atoms with Crippen molar-refractivity contribution in [2.24, 2.45) is 11.8 Å². The molecule has 0 rings (SSSR count). The molecule has 1 unspecified atom stereocenters. The fraction of sp³-hybridized carbons (Fsp3) is 1.00. The zero-order valence-corrected chi connectivity index (χ0v) is 11.7. The highest BCUT2D eigenvalue weighted by atomic mass is 16.3. The van der Waals surface area contributed by atoms with Crippen LogP contribution in [0.5, 0.6) is 0 Å². The van der Waals surface area contributed by atoms with Crippen LogP contribution in [0.25, 0.3) is 0 Å². The molecule has 0 radical (unpaired) electrons. The average molecular weight is 228 g/mol. The van der Waals surface area contributed by atoms with E-state index in [4.69, 9.17) is 0 Å². The molecule has 98 valence electrons. The summed E-state index contributed by atoms with van der Waals surface area (Å²) in [5.41, 5.74) is 0. The summed E-state index contributed by atoms with van der Waals surface area (Å²) < 4.78 is 0. The van der Waals surface area contributed by atoms with Crippen LogP contribution in [0.4, 0.5) is 0 Å². The lowest BCUT2D eigenvalue weighted by Crippen LogP contribution is -2.07. The Morgan fingerprint density at radius 3 is 1.56 bits per heavy atom. The standard InChI is InChI=1S/C15H32O/c1-4-8-14(9-5-2)11-7-12-15(13-16)10-6-3/h14-16H,4-13H2,1-3H3. The second-order valence-corrected chi connectivity index (χ2v) is 5.21. The van der Waals surface area contributed by atoms with Crippen LogP contribution in [0.2, 0.25) is 0 Å². The van der Waals surface area contributed by atoms with Crippen LogP contribution in [-0.2, 0) is 0 Å². The fourth-order valence-corrected chi connectivity index (χ4v) is 2.68. The second kappa shape index (κ2) is 11.4. The van der Waals surface area contributed by atoms with Gasteiger partial charge in [0.15, 0.2) is 0 Å². The van der Waals surface area contributed by atoms with E-state index in [0.717, 1.165) is 5.92 Å². The smallest absolute Gasteiger partial charge is 0.0459 e. The van der Waals surface area contributed by atoms with E-state index >= 15 is 0 Å². The molecular formula is C15H32O. The van der Waals surface area contributed by atoms with E-state index in [0.29, 0.717) is 12.5 Å². The van der Waals surface area contributed by atoms with E-state index in [-0.39, 0.29) is 0 Å². The summed E-state index contributed by atoms with van der Waals surface area (Å²) in [4.78, 5) is 0. The van der Waals surface area contributed by atoms with E-state index in [2.05, 4.69) is 20.8 Å². The predicted molar refractivity (Wildman–Crippen MR) is 72.6 cm³/mol. The molecule has 1 heteroatoms. The third-order valence-electron chi connectivity index (χ3n) is 3.57. The van der Waals surface area contributed by atoms with Crippen LogP contribution < -0.4 is 0 Å². The molecule has 0 bridgehead atoms. The number of hydrogen-bond acceptors (Lipinski definition) is 1. The van der Waals surface area contributed by atoms with E-state index < -0.39 is 0 Å². The highest BCUT2D eigenvalue weighted by molar-refractivity contribution is 4.62. The lowest BCUT2D eigenvalue weighted by Gasteiger charge is -2.17. The van der Waals surface area contributed by atoms with Crippen LogP contribution in [0.15, 0.2) is 0 Å². The third kappa shape index (κ3) is 8.15. The maximum atomic E-state index is 9.23. The van der Waals surface area contributed by atoms with E-state index in [1.165, 1.54) is 57.8 Å². The number of aliphatic hydroxyl groups excluding tert-OH is 1. The minimum absolute atomic E-state index is 0.389. The van der Waals surface area contributed by atoms with Gasteiger partial charge in [-0.25, -0.2) is 0 Å². The normalized spacial score (nSPS) is 13.3. The van der Waals surface area contributed by atoms with Gasteiger partial charge in [-0.1, -0.05) is 65.7 Å². The molecule has 1 N–H and O–H groups in total. The molecule has 0 heterocycles. The van der Waals surface area contributed by atoms with Crippen LogP contribution >= 0.6 is 0 Å². The monoisotopic (exact) mass is 228 g/mol. The van der Waals surface area contributed by atoms with Gasteiger partial charge in [0.2, 0.25) is 0 Å². The first-order valence-electron chi connectivity index (χ1n) is 7.39. The Balaban J connectivity index is 3.65. The van der Waals surface area contributed by atoms with E-state index in [1.54, 1.807) is 0 Å². The average Bonchev–Trinajstić information content (AvgIpc) is 2.28. The van der Waals surface area contributed by atoms with Gasteiger partial charge in [-0.3, -0.25) is 0 Å². The molecule has 1 nitrogen and oxygen atoms in total. The molecule has 1 atom stereocenters. The molecule has 0 spiro atoms. The summed E-state index contributed by atoms with van der Waals surface area (Å²) in [6.07, 6.45) is 11.8. The van der Waals surface area contributed by atoms with Gasteiger partial charge in [0.25, 0.3) is 0 Å². The van der Waals surface area contributed by atoms with Crippen LogP contribution in [0.1, 0.15) is 78.6 Å². The summed E-state index contributed by atoms with van der Waals surface area (Å²) >= 11 is 0. The maximum absolute atomic E-state index is 9.23. The SMILES string of the molecule is CCCC(CO)CCCC(CCC)CCC. The number of rotatable bonds is 11. The van der Waals surface area contributed by atoms with Gasteiger partial charge in [-0.15, -0.1) is 0 Å². The molecule has 0 fully saturated rings. The Hall–Kier alpha value is -0.0400. The van der Waals surface area contributed by atoms with E-state index in [9.17, 15) is 5.11 Å². The zero-order chi connectivity index (χ0) is 12.2. The molecule has 16 heavy (non-hydrogen) atoms. The van der Waals surface area contributed by atoms with Crippen molar-refractivity contribution in [1.29, 1.82) is 0 Å². The molecular weight excluding hydrogens is 196 g/mol. The highest BCUT2D eigenvalue weighted by Crippen LogP contribution is 2.22. The van der Waals surface area contributed by atoms with Crippen molar-refractivity contribution in [2.75, 3.05) is 6.61 Å². The maximum Gasteiger partial charge on any atom is 0.0459 e. The van der Waals surface area contributed by atoms with Crippen molar-refractivity contribution >= 4 is 0 Å². The third-order valence-corrected chi connectivity index (χ3v) is 3.57. The topological polar surface area (TPSA) is 20.2 Å². The minimum atomic E-state index is 0.389. The second-order valence-electron chi connectivity index (χ2n) is 5.21. The lowest BCUT2D eigenvalue weighted by molar-refractivity contribution is 0.203. The number of hydrogen-bond donors (Lipinski definition) is 1. The van der Waals surface area contributed by atoms with Crippen LogP contribution in [0, 0.1) is 11.8 Å². The van der Waals surface area contributed by atoms with Crippen molar-refractivity contribution in [2.45, 2.75) is 78.6 Å². The van der Waals surface area contributed by atoms with Gasteiger partial charge < -0.3 is 5.11 Å². The van der Waals surface area contributed by atoms with Crippen LogP contribution in [-0.4, -0.2) is 11.7 Å². The van der Waals surface area contributed by atoms with Crippen molar-refractivity contribution in [3.63, 3.8) is 0 Å². The zero-order valence-electron chi connectivity index (χ0n) is 11.7. The Bertz CT molecular complexity index is 127. The summed E-state index contributed by atoms with van der Waals surface area (Å²) in [6.45, 7) is 7.17. The molecule has 0 amide bonds. The van der Waals surface area contributed by atoms with Crippen LogP contribution in [0.3, 0.4) is 0 Å². The first-order valence-corrected chi connectivity index (χ1v) is 7.39. The molecule has 0 aromatic carbocycles. The fourth-order valence-electron chi connectivity index (χ4n) is 2.68. The quantitative estimate of drug-likeness (QED) is 0.539. The lowest BCUT2D eigenvalue weighted by atomic mass is 9.90. The Morgan fingerprint density at radius 2 is 1.12 bits per heavy atom. The van der Waals surface area contributed by atoms with Crippen molar-refractivity contribution in [3.05, 3.63) is 0 Å². The molecule has 0 aromatic heterocycles. The molecule has 0 aliphatic rings. The summed E-state index contributed by atoms with van der Waals surface area (Å²) in [6, 6.07) is 0. The molecule has 0 aliphatic carbocycles. The number of aliphatic hydroxyl groups is 1. The van der Waals surface area contributed by atoms with Crippen molar-refractivity contribution in [1.82, 2.24) is 0 Å². The summed E-state index contributed by atoms with van der Waals surface area (Å²) in [5.74, 6) is 1.50. The highest BCUT2D eigenvalue weighted by Gasteiger charge is 2.09. The molecule has 0 saturated carbocycles. The van der Waals surface area contributed by atoms with Gasteiger partial charge in [0.1, 0.15) is 0 Å². The predicted octanol–water partition coefficient (Wildman–Crippen LogP) is 4.78. The Morgan fingerprint density at radius 1 is 0.688 bits per heavy atom. The van der Waals surface area contributed by atoms with Gasteiger partial charge in [-0.2, -0.15) is 0 Å². The minimum Gasteiger partial charge on any atom is -0.396 e. The Labute approximate surface area is 103 Å². The van der Waals surface area contributed by atoms with E-state index in [1.807, 2.05) is 0 Å². The first kappa shape index (κ1) is 16.0. The van der Waals surface area contributed by atoms with Gasteiger partial charge in [0.05, 0.1) is 0 Å².